The van der Waals surface area contributed by atoms with Crippen molar-refractivity contribution in [2.45, 2.75) is 51.4 Å². The van der Waals surface area contributed by atoms with Gasteiger partial charge in [-0.15, -0.1) is 0 Å². The molecule has 0 aliphatic carbocycles. The van der Waals surface area contributed by atoms with E-state index in [4.69, 9.17) is 18.9 Å². The van der Waals surface area contributed by atoms with Crippen LogP contribution in [0.1, 0.15) is 37.3 Å². The van der Waals surface area contributed by atoms with Gasteiger partial charge in [0.15, 0.2) is 5.96 Å². The number of aliphatic imine (C=N–C) groups is 1. The van der Waals surface area contributed by atoms with Crippen LogP contribution >= 0.6 is 0 Å². The zero-order valence-electron chi connectivity index (χ0n) is 17.3. The van der Waals surface area contributed by atoms with E-state index in [1.807, 2.05) is 0 Å². The molecule has 2 N–H and O–H groups in total. The summed E-state index contributed by atoms with van der Waals surface area (Å²) in [5.41, 5.74) is 2.26. The quantitative estimate of drug-likeness (QED) is 0.382. The van der Waals surface area contributed by atoms with Gasteiger partial charge in [0.1, 0.15) is 17.6 Å². The number of fused-ring (bicyclic) bond motifs is 1. The molecule has 2 unspecified atom stereocenters. The summed E-state index contributed by atoms with van der Waals surface area (Å²) in [6, 6.07) is 4.15. The fourth-order valence-electron chi connectivity index (χ4n) is 3.58. The highest BCUT2D eigenvalue weighted by atomic mass is 16.5. The van der Waals surface area contributed by atoms with Gasteiger partial charge in [0.2, 0.25) is 0 Å². The summed E-state index contributed by atoms with van der Waals surface area (Å²) in [6.07, 6.45) is 4.62. The van der Waals surface area contributed by atoms with E-state index in [0.29, 0.717) is 13.2 Å². The SMILES string of the molecule is CN=C(NCCCOCC1CCCO1)NCc1cc2c(cc1OC)CC(C)O2. The molecule has 0 radical (unpaired) electrons. The minimum atomic E-state index is 0.222. The van der Waals surface area contributed by atoms with Crippen LogP contribution in [0.4, 0.5) is 0 Å². The minimum Gasteiger partial charge on any atom is -0.496 e. The lowest BCUT2D eigenvalue weighted by atomic mass is 10.1. The van der Waals surface area contributed by atoms with Gasteiger partial charge in [-0.1, -0.05) is 0 Å². The Balaban J connectivity index is 1.38. The Morgan fingerprint density at radius 1 is 1.32 bits per heavy atom. The van der Waals surface area contributed by atoms with Crippen LogP contribution in [0.3, 0.4) is 0 Å². The third kappa shape index (κ3) is 5.75. The van der Waals surface area contributed by atoms with E-state index in [-0.39, 0.29) is 12.2 Å². The van der Waals surface area contributed by atoms with Gasteiger partial charge in [-0.2, -0.15) is 0 Å². The average Bonchev–Trinajstić information content (AvgIpc) is 3.34. The van der Waals surface area contributed by atoms with Gasteiger partial charge in [0.25, 0.3) is 0 Å². The molecule has 7 heteroatoms. The van der Waals surface area contributed by atoms with E-state index in [1.165, 1.54) is 5.56 Å². The molecule has 1 aromatic rings. The molecule has 1 fully saturated rings. The maximum absolute atomic E-state index is 5.87. The van der Waals surface area contributed by atoms with Crippen LogP contribution < -0.4 is 20.1 Å². The van der Waals surface area contributed by atoms with Crippen molar-refractivity contribution in [1.82, 2.24) is 10.6 Å². The van der Waals surface area contributed by atoms with Crippen LogP contribution in [0.25, 0.3) is 0 Å². The molecule has 2 aliphatic heterocycles. The number of hydrogen-bond acceptors (Lipinski definition) is 5. The molecule has 0 aromatic heterocycles. The number of ether oxygens (including phenoxy) is 4. The van der Waals surface area contributed by atoms with Crippen LogP contribution in [-0.2, 0) is 22.4 Å². The van der Waals surface area contributed by atoms with Crippen LogP contribution in [0, 0.1) is 0 Å². The smallest absolute Gasteiger partial charge is 0.191 e. The zero-order valence-corrected chi connectivity index (χ0v) is 17.3. The summed E-state index contributed by atoms with van der Waals surface area (Å²) in [7, 11) is 3.47. The molecule has 0 amide bonds. The van der Waals surface area contributed by atoms with Gasteiger partial charge in [-0.3, -0.25) is 4.99 Å². The molecule has 2 atom stereocenters. The second-order valence-corrected chi connectivity index (χ2v) is 7.32. The first-order valence-electron chi connectivity index (χ1n) is 10.2. The van der Waals surface area contributed by atoms with E-state index in [1.54, 1.807) is 14.2 Å². The third-order valence-corrected chi connectivity index (χ3v) is 5.05. The summed E-state index contributed by atoms with van der Waals surface area (Å²) < 4.78 is 22.7. The lowest BCUT2D eigenvalue weighted by molar-refractivity contribution is 0.0168. The summed E-state index contributed by atoms with van der Waals surface area (Å²) in [5.74, 6) is 2.59. The summed E-state index contributed by atoms with van der Waals surface area (Å²) >= 11 is 0. The number of rotatable bonds is 9. The largest absolute Gasteiger partial charge is 0.496 e. The van der Waals surface area contributed by atoms with Crippen molar-refractivity contribution < 1.29 is 18.9 Å². The van der Waals surface area contributed by atoms with Gasteiger partial charge in [0, 0.05) is 50.9 Å². The van der Waals surface area contributed by atoms with Gasteiger partial charge < -0.3 is 29.6 Å². The van der Waals surface area contributed by atoms with Crippen molar-refractivity contribution in [2.75, 3.05) is 40.5 Å². The fraction of sp³-hybridized carbons (Fsp3) is 0.667. The normalized spacial score (nSPS) is 21.3. The van der Waals surface area contributed by atoms with Crippen LogP contribution in [0.5, 0.6) is 11.5 Å². The van der Waals surface area contributed by atoms with E-state index in [0.717, 1.165) is 68.5 Å². The van der Waals surface area contributed by atoms with Crippen molar-refractivity contribution in [3.05, 3.63) is 23.3 Å². The van der Waals surface area contributed by atoms with Gasteiger partial charge >= 0.3 is 0 Å². The van der Waals surface area contributed by atoms with Crippen molar-refractivity contribution in [2.24, 2.45) is 4.99 Å². The number of guanidine groups is 1. The standard InChI is InChI=1S/C21H33N3O4/c1-15-10-16-11-19(25-3)17(12-20(16)28-15)13-24-21(22-2)23-7-5-8-26-14-18-6-4-9-27-18/h11-12,15,18H,4-10,13-14H2,1-3H3,(H2,22,23,24). The first kappa shape index (κ1) is 20.7. The van der Waals surface area contributed by atoms with E-state index in [2.05, 4.69) is 34.7 Å². The zero-order chi connectivity index (χ0) is 19.8. The van der Waals surface area contributed by atoms with Gasteiger partial charge in [-0.25, -0.2) is 0 Å². The highest BCUT2D eigenvalue weighted by molar-refractivity contribution is 5.79. The molecule has 1 aromatic carbocycles. The predicted molar refractivity (Wildman–Crippen MR) is 109 cm³/mol. The molecule has 2 heterocycles. The first-order chi connectivity index (χ1) is 13.7. The predicted octanol–water partition coefficient (Wildman–Crippen LogP) is 2.27. The second kappa shape index (κ2) is 10.5. The lowest BCUT2D eigenvalue weighted by Crippen LogP contribution is -2.37. The molecule has 1 saturated heterocycles. The Morgan fingerprint density at radius 2 is 2.21 bits per heavy atom. The number of hydrogen-bond donors (Lipinski definition) is 2. The molecule has 0 saturated carbocycles. The molecular formula is C21H33N3O4. The molecule has 3 rings (SSSR count). The summed E-state index contributed by atoms with van der Waals surface area (Å²) in [4.78, 5) is 4.29. The fourth-order valence-corrected chi connectivity index (χ4v) is 3.58. The van der Waals surface area contributed by atoms with E-state index < -0.39 is 0 Å². The topological polar surface area (TPSA) is 73.3 Å². The van der Waals surface area contributed by atoms with Crippen LogP contribution in [0.2, 0.25) is 0 Å². The number of benzene rings is 1. The summed E-state index contributed by atoms with van der Waals surface area (Å²) in [5, 5.41) is 6.66. The number of nitrogens with zero attached hydrogens (tertiary/aromatic N) is 1. The van der Waals surface area contributed by atoms with E-state index >= 15 is 0 Å². The molecule has 7 nitrogen and oxygen atoms in total. The van der Waals surface area contributed by atoms with Gasteiger partial charge in [0.05, 0.1) is 19.8 Å². The molecule has 156 valence electrons. The average molecular weight is 392 g/mol. The first-order valence-corrected chi connectivity index (χ1v) is 10.2. The van der Waals surface area contributed by atoms with Crippen molar-refractivity contribution in [3.8, 4) is 11.5 Å². The highest BCUT2D eigenvalue weighted by Crippen LogP contribution is 2.34. The highest BCUT2D eigenvalue weighted by Gasteiger charge is 2.21. The van der Waals surface area contributed by atoms with Crippen molar-refractivity contribution in [1.29, 1.82) is 0 Å². The lowest BCUT2D eigenvalue weighted by Gasteiger charge is -2.15. The molecule has 2 aliphatic rings. The van der Waals surface area contributed by atoms with Crippen molar-refractivity contribution in [3.63, 3.8) is 0 Å². The second-order valence-electron chi connectivity index (χ2n) is 7.32. The van der Waals surface area contributed by atoms with E-state index in [9.17, 15) is 0 Å². The Morgan fingerprint density at radius 3 is 2.96 bits per heavy atom. The van der Waals surface area contributed by atoms with Crippen LogP contribution in [0.15, 0.2) is 17.1 Å². The molecule has 28 heavy (non-hydrogen) atoms. The Kier molecular flexibility index (Phi) is 7.80. The third-order valence-electron chi connectivity index (χ3n) is 5.05. The maximum atomic E-state index is 5.87. The minimum absolute atomic E-state index is 0.222. The number of methoxy groups -OCH3 is 1. The van der Waals surface area contributed by atoms with Gasteiger partial charge in [-0.05, 0) is 38.3 Å². The molecule has 0 spiro atoms. The Bertz CT molecular complexity index is 659. The van der Waals surface area contributed by atoms with Crippen molar-refractivity contribution >= 4 is 5.96 Å². The molecular weight excluding hydrogens is 358 g/mol. The monoisotopic (exact) mass is 391 g/mol. The Labute approximate surface area is 167 Å². The Hall–Kier alpha value is -1.99. The number of nitrogens with one attached hydrogen (secondary N) is 2. The summed E-state index contributed by atoms with van der Waals surface area (Å²) in [6.45, 7) is 5.79. The molecule has 0 bridgehead atoms. The maximum Gasteiger partial charge on any atom is 0.191 e. The van der Waals surface area contributed by atoms with Crippen LogP contribution in [-0.4, -0.2) is 58.7 Å².